The highest BCUT2D eigenvalue weighted by molar-refractivity contribution is 8.00. The Morgan fingerprint density at radius 3 is 2.72 bits per heavy atom. The molecular formula is C15H28N2S. The molecule has 0 aliphatic heterocycles. The summed E-state index contributed by atoms with van der Waals surface area (Å²) in [6.07, 6.45) is 5.66. The molecule has 1 rings (SSSR count). The van der Waals surface area contributed by atoms with Gasteiger partial charge in [0.25, 0.3) is 0 Å². The van der Waals surface area contributed by atoms with Gasteiger partial charge in [0.15, 0.2) is 0 Å². The molecule has 0 amide bonds. The van der Waals surface area contributed by atoms with Crippen LogP contribution in [0.25, 0.3) is 0 Å². The topological polar surface area (TPSA) is 17.0 Å². The molecule has 0 radical (unpaired) electrons. The van der Waals surface area contributed by atoms with E-state index in [1.54, 1.807) is 0 Å². The molecule has 0 saturated carbocycles. The van der Waals surface area contributed by atoms with E-state index >= 15 is 0 Å². The number of nitrogens with zero attached hydrogens (tertiary/aromatic N) is 1. The second kappa shape index (κ2) is 7.25. The highest BCUT2D eigenvalue weighted by Gasteiger charge is 2.10. The Bertz CT molecular complexity index is 339. The summed E-state index contributed by atoms with van der Waals surface area (Å²) in [6, 6.07) is 2.69. The van der Waals surface area contributed by atoms with Crippen LogP contribution in [0, 0.1) is 0 Å². The first-order valence-corrected chi connectivity index (χ1v) is 7.94. The first-order chi connectivity index (χ1) is 8.42. The monoisotopic (exact) mass is 268 g/mol. The maximum Gasteiger partial charge on any atom is 0.0310 e. The molecule has 3 heteroatoms. The van der Waals surface area contributed by atoms with E-state index in [0.717, 1.165) is 13.1 Å². The fourth-order valence-electron chi connectivity index (χ4n) is 1.79. The number of hydrogen-bond acceptors (Lipinski definition) is 2. The van der Waals surface area contributed by atoms with Crippen molar-refractivity contribution in [1.82, 2.24) is 9.88 Å². The lowest BCUT2D eigenvalue weighted by molar-refractivity contribution is 0.569. The Labute approximate surface area is 117 Å². The second-order valence-corrected chi connectivity index (χ2v) is 7.74. The Morgan fingerprint density at radius 1 is 1.39 bits per heavy atom. The molecule has 0 saturated heterocycles. The number of aryl methyl sites for hydroxylation is 1. The number of rotatable bonds is 7. The molecule has 1 aromatic heterocycles. The van der Waals surface area contributed by atoms with Gasteiger partial charge in [0.05, 0.1) is 0 Å². The molecule has 1 atom stereocenters. The second-order valence-electron chi connectivity index (χ2n) is 5.82. The predicted molar refractivity (Wildman–Crippen MR) is 83.4 cm³/mol. The van der Waals surface area contributed by atoms with Crippen LogP contribution in [0.1, 0.15) is 52.6 Å². The van der Waals surface area contributed by atoms with Crippen molar-refractivity contribution >= 4 is 11.8 Å². The Hall–Kier alpha value is -0.410. The van der Waals surface area contributed by atoms with Crippen LogP contribution >= 0.6 is 11.8 Å². The first kappa shape index (κ1) is 15.6. The standard InChI is InChI=1S/C15H28N2S/c1-6-8-16-13(2)14-7-9-17(12-14)10-11-18-15(3,4)5/h7,9,12-13,16H,6,8,10-11H2,1-5H3. The molecule has 0 bridgehead atoms. The van der Waals surface area contributed by atoms with Crippen LogP contribution in [0.4, 0.5) is 0 Å². The molecule has 0 fully saturated rings. The molecule has 18 heavy (non-hydrogen) atoms. The van der Waals surface area contributed by atoms with Gasteiger partial charge in [-0.25, -0.2) is 0 Å². The molecule has 0 aliphatic carbocycles. The highest BCUT2D eigenvalue weighted by Crippen LogP contribution is 2.23. The van der Waals surface area contributed by atoms with Crippen LogP contribution in [-0.4, -0.2) is 21.6 Å². The normalized spacial score (nSPS) is 13.8. The minimum atomic E-state index is 0.367. The zero-order valence-electron chi connectivity index (χ0n) is 12.5. The fraction of sp³-hybridized carbons (Fsp3) is 0.733. The van der Waals surface area contributed by atoms with Crippen molar-refractivity contribution in [2.75, 3.05) is 12.3 Å². The van der Waals surface area contributed by atoms with Gasteiger partial charge >= 0.3 is 0 Å². The molecule has 0 aliphatic rings. The van der Waals surface area contributed by atoms with Gasteiger partial charge in [0.1, 0.15) is 0 Å². The van der Waals surface area contributed by atoms with Crippen molar-refractivity contribution < 1.29 is 0 Å². The zero-order valence-corrected chi connectivity index (χ0v) is 13.3. The van der Waals surface area contributed by atoms with E-state index in [0.29, 0.717) is 10.8 Å². The van der Waals surface area contributed by atoms with E-state index in [-0.39, 0.29) is 0 Å². The van der Waals surface area contributed by atoms with E-state index in [1.165, 1.54) is 17.7 Å². The van der Waals surface area contributed by atoms with E-state index in [4.69, 9.17) is 0 Å². The van der Waals surface area contributed by atoms with Crippen molar-refractivity contribution in [3.05, 3.63) is 24.0 Å². The van der Waals surface area contributed by atoms with Gasteiger partial charge < -0.3 is 9.88 Å². The van der Waals surface area contributed by atoms with Crippen molar-refractivity contribution in [2.45, 2.75) is 58.4 Å². The van der Waals surface area contributed by atoms with E-state index in [2.05, 4.69) is 63.0 Å². The van der Waals surface area contributed by atoms with Crippen LogP contribution in [-0.2, 0) is 6.54 Å². The van der Waals surface area contributed by atoms with E-state index in [1.807, 2.05) is 11.8 Å². The lowest BCUT2D eigenvalue weighted by Crippen LogP contribution is -2.18. The van der Waals surface area contributed by atoms with Crippen LogP contribution in [0.5, 0.6) is 0 Å². The van der Waals surface area contributed by atoms with Crippen LogP contribution < -0.4 is 5.32 Å². The average Bonchev–Trinajstić information content (AvgIpc) is 2.73. The molecule has 104 valence electrons. The third-order valence-electron chi connectivity index (χ3n) is 2.86. The fourth-order valence-corrected chi connectivity index (χ4v) is 2.70. The number of thioether (sulfide) groups is 1. The summed E-state index contributed by atoms with van der Waals surface area (Å²) in [6.45, 7) is 13.4. The lowest BCUT2D eigenvalue weighted by Gasteiger charge is -2.17. The number of hydrogen-bond donors (Lipinski definition) is 1. The Balaban J connectivity index is 2.38. The van der Waals surface area contributed by atoms with Gasteiger partial charge in [-0.15, -0.1) is 0 Å². The lowest BCUT2D eigenvalue weighted by atomic mass is 10.2. The van der Waals surface area contributed by atoms with E-state index in [9.17, 15) is 0 Å². The molecule has 1 aromatic rings. The van der Waals surface area contributed by atoms with Gasteiger partial charge in [0.2, 0.25) is 0 Å². The van der Waals surface area contributed by atoms with Crippen LogP contribution in [0.15, 0.2) is 18.5 Å². The first-order valence-electron chi connectivity index (χ1n) is 6.95. The zero-order chi connectivity index (χ0) is 13.6. The van der Waals surface area contributed by atoms with Crippen molar-refractivity contribution in [3.63, 3.8) is 0 Å². The summed E-state index contributed by atoms with van der Waals surface area (Å²) in [5.74, 6) is 1.17. The third-order valence-corrected chi connectivity index (χ3v) is 4.11. The Morgan fingerprint density at radius 2 is 2.11 bits per heavy atom. The van der Waals surface area contributed by atoms with Crippen LogP contribution in [0.3, 0.4) is 0 Å². The SMILES string of the molecule is CCCNC(C)c1ccn(CCSC(C)(C)C)c1. The number of nitrogens with one attached hydrogen (secondary N) is 1. The summed E-state index contributed by atoms with van der Waals surface area (Å²) >= 11 is 2.02. The largest absolute Gasteiger partial charge is 0.353 e. The molecule has 2 nitrogen and oxygen atoms in total. The summed E-state index contributed by atoms with van der Waals surface area (Å²) < 4.78 is 2.67. The third kappa shape index (κ3) is 5.96. The molecule has 1 unspecified atom stereocenters. The van der Waals surface area contributed by atoms with Gasteiger partial charge in [-0.1, -0.05) is 27.7 Å². The van der Waals surface area contributed by atoms with Crippen molar-refractivity contribution in [2.24, 2.45) is 0 Å². The highest BCUT2D eigenvalue weighted by atomic mass is 32.2. The molecule has 0 spiro atoms. The van der Waals surface area contributed by atoms with Crippen molar-refractivity contribution in [3.8, 4) is 0 Å². The van der Waals surface area contributed by atoms with Crippen LogP contribution in [0.2, 0.25) is 0 Å². The van der Waals surface area contributed by atoms with Gasteiger partial charge in [-0.05, 0) is 31.5 Å². The molecular weight excluding hydrogens is 240 g/mol. The maximum atomic E-state index is 3.52. The minimum Gasteiger partial charge on any atom is -0.353 e. The molecule has 1 N–H and O–H groups in total. The van der Waals surface area contributed by atoms with Gasteiger partial charge in [-0.2, -0.15) is 11.8 Å². The van der Waals surface area contributed by atoms with Gasteiger partial charge in [-0.3, -0.25) is 0 Å². The quantitative estimate of drug-likeness (QED) is 0.802. The predicted octanol–water partition coefficient (Wildman–Crippen LogP) is 4.08. The van der Waals surface area contributed by atoms with E-state index < -0.39 is 0 Å². The summed E-state index contributed by atoms with van der Waals surface area (Å²) in [5.41, 5.74) is 1.39. The minimum absolute atomic E-state index is 0.367. The van der Waals surface area contributed by atoms with Gasteiger partial charge in [0, 0.05) is 35.5 Å². The molecule has 1 heterocycles. The smallest absolute Gasteiger partial charge is 0.0310 e. The Kier molecular flexibility index (Phi) is 6.30. The summed E-state index contributed by atoms with van der Waals surface area (Å²) in [7, 11) is 0. The average molecular weight is 268 g/mol. The summed E-state index contributed by atoms with van der Waals surface area (Å²) in [4.78, 5) is 0. The number of aromatic nitrogens is 1. The molecule has 0 aromatic carbocycles. The maximum absolute atomic E-state index is 3.52. The summed E-state index contributed by atoms with van der Waals surface area (Å²) in [5, 5.41) is 3.52. The van der Waals surface area contributed by atoms with Crippen molar-refractivity contribution in [1.29, 1.82) is 0 Å².